The first-order valence-electron chi connectivity index (χ1n) is 5.81. The Morgan fingerprint density at radius 3 is 2.44 bits per heavy atom. The van der Waals surface area contributed by atoms with Gasteiger partial charge in [-0.15, -0.1) is 0 Å². The lowest BCUT2D eigenvalue weighted by atomic mass is 9.92. The van der Waals surface area contributed by atoms with Gasteiger partial charge < -0.3 is 11.5 Å². The summed E-state index contributed by atoms with van der Waals surface area (Å²) in [7, 11) is 0. The Morgan fingerprint density at radius 1 is 1.33 bits per heavy atom. The highest BCUT2D eigenvalue weighted by Crippen LogP contribution is 2.37. The molecular weight excluding hydrogens is 243 g/mol. The SMILES string of the molecule is Cc1ccc(C(C(N)CCCN)C(F)(F)F)nc1. The highest BCUT2D eigenvalue weighted by molar-refractivity contribution is 5.18. The van der Waals surface area contributed by atoms with E-state index in [4.69, 9.17) is 11.5 Å². The summed E-state index contributed by atoms with van der Waals surface area (Å²) in [5.74, 6) is -1.73. The standard InChI is InChI=1S/C12H18F3N3/c1-8-4-5-10(18-7-8)11(12(13,14)15)9(17)3-2-6-16/h4-5,7,9,11H,2-3,6,16-17H2,1H3. The number of aryl methyl sites for hydroxylation is 1. The molecule has 2 unspecified atom stereocenters. The predicted octanol–water partition coefficient (Wildman–Crippen LogP) is 2.10. The maximum Gasteiger partial charge on any atom is 0.398 e. The first-order chi connectivity index (χ1) is 8.36. The third-order valence-electron chi connectivity index (χ3n) is 2.78. The van der Waals surface area contributed by atoms with Gasteiger partial charge in [-0.2, -0.15) is 13.2 Å². The first kappa shape index (κ1) is 14.9. The second-order valence-electron chi connectivity index (χ2n) is 4.37. The Kier molecular flexibility index (Phi) is 5.10. The summed E-state index contributed by atoms with van der Waals surface area (Å²) >= 11 is 0. The van der Waals surface area contributed by atoms with E-state index in [1.54, 1.807) is 13.0 Å². The van der Waals surface area contributed by atoms with Crippen LogP contribution in [0.4, 0.5) is 13.2 Å². The number of halogens is 3. The molecule has 0 aliphatic heterocycles. The van der Waals surface area contributed by atoms with E-state index in [2.05, 4.69) is 4.98 Å². The molecule has 1 heterocycles. The number of pyridine rings is 1. The summed E-state index contributed by atoms with van der Waals surface area (Å²) in [4.78, 5) is 3.84. The van der Waals surface area contributed by atoms with Crippen LogP contribution in [0.1, 0.15) is 30.0 Å². The van der Waals surface area contributed by atoms with Gasteiger partial charge in [0.2, 0.25) is 0 Å². The van der Waals surface area contributed by atoms with Gasteiger partial charge in [-0.1, -0.05) is 6.07 Å². The molecule has 4 N–H and O–H groups in total. The molecule has 6 heteroatoms. The van der Waals surface area contributed by atoms with E-state index in [1.807, 2.05) is 0 Å². The number of rotatable bonds is 5. The molecule has 0 aromatic carbocycles. The molecule has 0 spiro atoms. The van der Waals surface area contributed by atoms with Crippen molar-refractivity contribution in [2.24, 2.45) is 11.5 Å². The molecule has 1 aromatic rings. The topological polar surface area (TPSA) is 64.9 Å². The van der Waals surface area contributed by atoms with Crippen LogP contribution in [0.3, 0.4) is 0 Å². The zero-order valence-corrected chi connectivity index (χ0v) is 10.2. The lowest BCUT2D eigenvalue weighted by Gasteiger charge is -2.25. The Hall–Kier alpha value is -1.14. The fourth-order valence-electron chi connectivity index (χ4n) is 1.81. The Bertz CT molecular complexity index is 362. The number of aromatic nitrogens is 1. The van der Waals surface area contributed by atoms with Crippen molar-refractivity contribution in [2.75, 3.05) is 6.54 Å². The van der Waals surface area contributed by atoms with Crippen molar-refractivity contribution in [3.8, 4) is 0 Å². The van der Waals surface area contributed by atoms with E-state index in [-0.39, 0.29) is 12.1 Å². The van der Waals surface area contributed by atoms with Crippen molar-refractivity contribution in [3.63, 3.8) is 0 Å². The maximum absolute atomic E-state index is 13.0. The molecular formula is C12H18F3N3. The molecule has 0 aliphatic rings. The van der Waals surface area contributed by atoms with Crippen LogP contribution in [0, 0.1) is 6.92 Å². The van der Waals surface area contributed by atoms with Crippen LogP contribution in [0.15, 0.2) is 18.3 Å². The normalized spacial score (nSPS) is 15.4. The van der Waals surface area contributed by atoms with Gasteiger partial charge in [0.05, 0.1) is 5.69 Å². The van der Waals surface area contributed by atoms with Crippen molar-refractivity contribution in [1.82, 2.24) is 4.98 Å². The first-order valence-corrected chi connectivity index (χ1v) is 5.81. The number of nitrogens with two attached hydrogens (primary N) is 2. The average molecular weight is 261 g/mol. The van der Waals surface area contributed by atoms with Gasteiger partial charge in [-0.05, 0) is 37.9 Å². The Balaban J connectivity index is 2.95. The number of alkyl halides is 3. The van der Waals surface area contributed by atoms with Crippen LogP contribution in [-0.2, 0) is 0 Å². The van der Waals surface area contributed by atoms with E-state index < -0.39 is 18.1 Å². The Labute approximate surface area is 104 Å². The van der Waals surface area contributed by atoms with Gasteiger partial charge in [0.25, 0.3) is 0 Å². The van der Waals surface area contributed by atoms with Crippen molar-refractivity contribution < 1.29 is 13.2 Å². The summed E-state index contributed by atoms with van der Waals surface area (Å²) in [6, 6.07) is 1.98. The van der Waals surface area contributed by atoms with Gasteiger partial charge in [-0.25, -0.2) is 0 Å². The lowest BCUT2D eigenvalue weighted by molar-refractivity contribution is -0.156. The van der Waals surface area contributed by atoms with Crippen molar-refractivity contribution in [1.29, 1.82) is 0 Å². The van der Waals surface area contributed by atoms with Crippen LogP contribution in [0.5, 0.6) is 0 Å². The van der Waals surface area contributed by atoms with Gasteiger partial charge >= 0.3 is 6.18 Å². The molecule has 1 aromatic heterocycles. The quantitative estimate of drug-likeness (QED) is 0.853. The Morgan fingerprint density at radius 2 is 2.00 bits per heavy atom. The van der Waals surface area contributed by atoms with E-state index >= 15 is 0 Å². The second-order valence-corrected chi connectivity index (χ2v) is 4.37. The minimum absolute atomic E-state index is 0.0300. The average Bonchev–Trinajstić information content (AvgIpc) is 2.27. The predicted molar refractivity (Wildman–Crippen MR) is 64.0 cm³/mol. The van der Waals surface area contributed by atoms with E-state index in [1.165, 1.54) is 12.3 Å². The van der Waals surface area contributed by atoms with E-state index in [9.17, 15) is 13.2 Å². The summed E-state index contributed by atoms with van der Waals surface area (Å²) in [6.45, 7) is 2.10. The zero-order chi connectivity index (χ0) is 13.8. The van der Waals surface area contributed by atoms with Crippen LogP contribution < -0.4 is 11.5 Å². The third kappa shape index (κ3) is 3.96. The molecule has 0 radical (unpaired) electrons. The molecule has 3 nitrogen and oxygen atoms in total. The van der Waals surface area contributed by atoms with Crippen LogP contribution in [-0.4, -0.2) is 23.7 Å². The molecule has 102 valence electrons. The molecule has 0 fully saturated rings. The molecule has 0 saturated heterocycles. The van der Waals surface area contributed by atoms with E-state index in [0.717, 1.165) is 5.56 Å². The summed E-state index contributed by atoms with van der Waals surface area (Å²) in [5, 5.41) is 0. The minimum Gasteiger partial charge on any atom is -0.330 e. The van der Waals surface area contributed by atoms with Crippen LogP contribution >= 0.6 is 0 Å². The van der Waals surface area contributed by atoms with Crippen molar-refractivity contribution in [2.45, 2.75) is 37.9 Å². The highest BCUT2D eigenvalue weighted by Gasteiger charge is 2.45. The lowest BCUT2D eigenvalue weighted by Crippen LogP contribution is -2.38. The van der Waals surface area contributed by atoms with Gasteiger partial charge in [-0.3, -0.25) is 4.98 Å². The minimum atomic E-state index is -4.39. The molecule has 18 heavy (non-hydrogen) atoms. The third-order valence-corrected chi connectivity index (χ3v) is 2.78. The molecule has 0 saturated carbocycles. The largest absolute Gasteiger partial charge is 0.398 e. The molecule has 0 amide bonds. The second kappa shape index (κ2) is 6.15. The van der Waals surface area contributed by atoms with Gasteiger partial charge in [0.15, 0.2) is 0 Å². The number of hydrogen-bond acceptors (Lipinski definition) is 3. The molecule has 0 bridgehead atoms. The van der Waals surface area contributed by atoms with Gasteiger partial charge in [0.1, 0.15) is 5.92 Å². The van der Waals surface area contributed by atoms with Crippen molar-refractivity contribution >= 4 is 0 Å². The smallest absolute Gasteiger partial charge is 0.330 e. The molecule has 0 aliphatic carbocycles. The zero-order valence-electron chi connectivity index (χ0n) is 10.2. The van der Waals surface area contributed by atoms with Gasteiger partial charge in [0, 0.05) is 12.2 Å². The fourth-order valence-corrected chi connectivity index (χ4v) is 1.81. The number of hydrogen-bond donors (Lipinski definition) is 2. The highest BCUT2D eigenvalue weighted by atomic mass is 19.4. The van der Waals surface area contributed by atoms with Crippen molar-refractivity contribution in [3.05, 3.63) is 29.6 Å². The summed E-state index contributed by atoms with van der Waals surface area (Å²) < 4.78 is 39.1. The molecule has 1 rings (SSSR count). The fraction of sp³-hybridized carbons (Fsp3) is 0.583. The maximum atomic E-state index is 13.0. The van der Waals surface area contributed by atoms with E-state index in [0.29, 0.717) is 13.0 Å². The number of nitrogens with zero attached hydrogens (tertiary/aromatic N) is 1. The monoisotopic (exact) mass is 261 g/mol. The molecule has 2 atom stereocenters. The van der Waals surface area contributed by atoms with Crippen LogP contribution in [0.25, 0.3) is 0 Å². The van der Waals surface area contributed by atoms with Crippen LogP contribution in [0.2, 0.25) is 0 Å². The summed E-state index contributed by atoms with van der Waals surface area (Å²) in [6.07, 6.45) is -2.27. The summed E-state index contributed by atoms with van der Waals surface area (Å²) in [5.41, 5.74) is 11.7.